The Labute approximate surface area is 98.6 Å². The quantitative estimate of drug-likeness (QED) is 0.797. The molecule has 2 heteroatoms. The molecule has 1 saturated carbocycles. The van der Waals surface area contributed by atoms with E-state index in [-0.39, 0.29) is 5.54 Å². The van der Waals surface area contributed by atoms with Crippen LogP contribution in [-0.4, -0.2) is 17.0 Å². The van der Waals surface area contributed by atoms with Crippen molar-refractivity contribution >= 4 is 11.8 Å². The van der Waals surface area contributed by atoms with E-state index in [1.54, 1.807) is 0 Å². The molecule has 0 amide bonds. The minimum atomic E-state index is 0.225. The van der Waals surface area contributed by atoms with Crippen molar-refractivity contribution < 1.29 is 0 Å². The van der Waals surface area contributed by atoms with Gasteiger partial charge in [-0.1, -0.05) is 19.3 Å². The highest BCUT2D eigenvalue weighted by atomic mass is 32.2. The lowest BCUT2D eigenvalue weighted by atomic mass is 9.77. The third-order valence-electron chi connectivity index (χ3n) is 4.24. The Morgan fingerprint density at radius 1 is 1.07 bits per heavy atom. The molecule has 0 aromatic carbocycles. The Kier molecular flexibility index (Phi) is 4.39. The lowest BCUT2D eigenvalue weighted by Gasteiger charge is -2.35. The van der Waals surface area contributed by atoms with Crippen LogP contribution in [0.2, 0.25) is 0 Å². The lowest BCUT2D eigenvalue weighted by molar-refractivity contribution is 0.252. The second-order valence-corrected chi connectivity index (χ2v) is 6.74. The zero-order valence-electron chi connectivity index (χ0n) is 9.84. The molecule has 0 aromatic heterocycles. The molecule has 1 heterocycles. The second kappa shape index (κ2) is 5.58. The van der Waals surface area contributed by atoms with Crippen LogP contribution in [0.15, 0.2) is 0 Å². The molecule has 0 atom stereocenters. The first-order valence-electron chi connectivity index (χ1n) is 6.65. The van der Waals surface area contributed by atoms with Crippen molar-refractivity contribution in [1.82, 2.24) is 0 Å². The SMILES string of the molecule is NC1(CCC2CCSCC2)CCCCC1. The Morgan fingerprint density at radius 2 is 1.73 bits per heavy atom. The normalized spacial score (nSPS) is 27.8. The van der Waals surface area contributed by atoms with Gasteiger partial charge in [0.05, 0.1) is 0 Å². The largest absolute Gasteiger partial charge is 0.325 e. The van der Waals surface area contributed by atoms with Crippen molar-refractivity contribution in [2.75, 3.05) is 11.5 Å². The summed E-state index contributed by atoms with van der Waals surface area (Å²) in [6.45, 7) is 0. The van der Waals surface area contributed by atoms with Crippen LogP contribution >= 0.6 is 11.8 Å². The zero-order valence-corrected chi connectivity index (χ0v) is 10.7. The Bertz CT molecular complexity index is 181. The summed E-state index contributed by atoms with van der Waals surface area (Å²) in [4.78, 5) is 0. The van der Waals surface area contributed by atoms with E-state index < -0.39 is 0 Å². The molecule has 88 valence electrons. The van der Waals surface area contributed by atoms with Crippen LogP contribution in [0.3, 0.4) is 0 Å². The summed E-state index contributed by atoms with van der Waals surface area (Å²) in [5, 5.41) is 0. The minimum absolute atomic E-state index is 0.225. The highest BCUT2D eigenvalue weighted by Gasteiger charge is 2.28. The summed E-state index contributed by atoms with van der Waals surface area (Å²) in [6.07, 6.45) is 12.3. The number of rotatable bonds is 3. The van der Waals surface area contributed by atoms with Gasteiger partial charge in [0.15, 0.2) is 0 Å². The molecule has 1 saturated heterocycles. The maximum Gasteiger partial charge on any atom is 0.0154 e. The number of hydrogen-bond acceptors (Lipinski definition) is 2. The van der Waals surface area contributed by atoms with E-state index in [1.807, 2.05) is 0 Å². The summed E-state index contributed by atoms with van der Waals surface area (Å²) in [5.74, 6) is 3.78. The summed E-state index contributed by atoms with van der Waals surface area (Å²) < 4.78 is 0. The van der Waals surface area contributed by atoms with Gasteiger partial charge >= 0.3 is 0 Å². The third kappa shape index (κ3) is 3.67. The van der Waals surface area contributed by atoms with Crippen LogP contribution in [0, 0.1) is 5.92 Å². The fourth-order valence-electron chi connectivity index (χ4n) is 3.03. The molecule has 0 spiro atoms. The Morgan fingerprint density at radius 3 is 2.40 bits per heavy atom. The molecule has 1 nitrogen and oxygen atoms in total. The van der Waals surface area contributed by atoms with Gasteiger partial charge in [0.25, 0.3) is 0 Å². The van der Waals surface area contributed by atoms with Gasteiger partial charge in [0.1, 0.15) is 0 Å². The molecule has 0 aromatic rings. The van der Waals surface area contributed by atoms with E-state index in [2.05, 4.69) is 11.8 Å². The molecule has 1 aliphatic heterocycles. The van der Waals surface area contributed by atoms with Crippen molar-refractivity contribution in [3.8, 4) is 0 Å². The van der Waals surface area contributed by atoms with E-state index in [1.165, 1.54) is 69.3 Å². The van der Waals surface area contributed by atoms with Crippen molar-refractivity contribution in [1.29, 1.82) is 0 Å². The van der Waals surface area contributed by atoms with Gasteiger partial charge in [-0.25, -0.2) is 0 Å². The van der Waals surface area contributed by atoms with E-state index in [0.717, 1.165) is 5.92 Å². The summed E-state index contributed by atoms with van der Waals surface area (Å²) in [5.41, 5.74) is 6.70. The van der Waals surface area contributed by atoms with Crippen LogP contribution in [0.5, 0.6) is 0 Å². The molecule has 2 rings (SSSR count). The van der Waals surface area contributed by atoms with Crippen LogP contribution < -0.4 is 5.73 Å². The standard InChI is InChI=1S/C13H25NS/c14-13(7-2-1-3-8-13)9-4-12-5-10-15-11-6-12/h12H,1-11,14H2. The number of nitrogens with two attached hydrogens (primary N) is 1. The van der Waals surface area contributed by atoms with Crippen molar-refractivity contribution in [2.24, 2.45) is 11.7 Å². The van der Waals surface area contributed by atoms with Crippen LogP contribution in [0.25, 0.3) is 0 Å². The first-order chi connectivity index (χ1) is 7.29. The average Bonchev–Trinajstić information content (AvgIpc) is 2.29. The molecule has 0 unspecified atom stereocenters. The maximum absolute atomic E-state index is 6.47. The third-order valence-corrected chi connectivity index (χ3v) is 5.29. The average molecular weight is 227 g/mol. The molecular formula is C13H25NS. The van der Waals surface area contributed by atoms with Gasteiger partial charge in [-0.05, 0) is 55.9 Å². The summed E-state index contributed by atoms with van der Waals surface area (Å²) >= 11 is 2.13. The van der Waals surface area contributed by atoms with Gasteiger partial charge in [-0.3, -0.25) is 0 Å². The fourth-order valence-corrected chi connectivity index (χ4v) is 4.24. The first-order valence-corrected chi connectivity index (χ1v) is 7.81. The fraction of sp³-hybridized carbons (Fsp3) is 1.00. The molecule has 1 aliphatic carbocycles. The second-order valence-electron chi connectivity index (χ2n) is 5.52. The minimum Gasteiger partial charge on any atom is -0.325 e. The molecule has 2 fully saturated rings. The predicted molar refractivity (Wildman–Crippen MR) is 69.3 cm³/mol. The van der Waals surface area contributed by atoms with Crippen molar-refractivity contribution in [3.63, 3.8) is 0 Å². The van der Waals surface area contributed by atoms with Crippen LogP contribution in [0.4, 0.5) is 0 Å². The van der Waals surface area contributed by atoms with Gasteiger partial charge in [0.2, 0.25) is 0 Å². The lowest BCUT2D eigenvalue weighted by Crippen LogP contribution is -2.42. The summed E-state index contributed by atoms with van der Waals surface area (Å²) in [6, 6.07) is 0. The zero-order chi connectivity index (χ0) is 10.6. The van der Waals surface area contributed by atoms with E-state index in [4.69, 9.17) is 5.73 Å². The van der Waals surface area contributed by atoms with Gasteiger partial charge in [-0.2, -0.15) is 11.8 Å². The van der Waals surface area contributed by atoms with E-state index in [9.17, 15) is 0 Å². The topological polar surface area (TPSA) is 26.0 Å². The maximum atomic E-state index is 6.47. The monoisotopic (exact) mass is 227 g/mol. The van der Waals surface area contributed by atoms with Crippen molar-refractivity contribution in [2.45, 2.75) is 63.3 Å². The molecular weight excluding hydrogens is 202 g/mol. The van der Waals surface area contributed by atoms with Crippen molar-refractivity contribution in [3.05, 3.63) is 0 Å². The summed E-state index contributed by atoms with van der Waals surface area (Å²) in [7, 11) is 0. The highest BCUT2D eigenvalue weighted by Crippen LogP contribution is 2.33. The van der Waals surface area contributed by atoms with E-state index in [0.29, 0.717) is 0 Å². The molecule has 2 N–H and O–H groups in total. The number of hydrogen-bond donors (Lipinski definition) is 1. The van der Waals surface area contributed by atoms with Crippen LogP contribution in [-0.2, 0) is 0 Å². The Hall–Kier alpha value is 0.310. The predicted octanol–water partition coefficient (Wildman–Crippen LogP) is 3.57. The highest BCUT2D eigenvalue weighted by molar-refractivity contribution is 7.99. The van der Waals surface area contributed by atoms with Crippen LogP contribution in [0.1, 0.15) is 57.8 Å². The Balaban J connectivity index is 1.70. The molecule has 15 heavy (non-hydrogen) atoms. The van der Waals surface area contributed by atoms with Gasteiger partial charge in [0, 0.05) is 5.54 Å². The molecule has 0 bridgehead atoms. The molecule has 0 radical (unpaired) electrons. The first kappa shape index (κ1) is 11.8. The number of thioether (sulfide) groups is 1. The van der Waals surface area contributed by atoms with E-state index >= 15 is 0 Å². The molecule has 2 aliphatic rings. The smallest absolute Gasteiger partial charge is 0.0154 e. The van der Waals surface area contributed by atoms with Gasteiger partial charge < -0.3 is 5.73 Å². The van der Waals surface area contributed by atoms with Gasteiger partial charge in [-0.15, -0.1) is 0 Å².